The van der Waals surface area contributed by atoms with Gasteiger partial charge in [-0.1, -0.05) is 0 Å². The topological polar surface area (TPSA) is 72.9 Å². The molecule has 2 heterocycles. The summed E-state index contributed by atoms with van der Waals surface area (Å²) >= 11 is 0. The SMILES string of the molecule is CN1CCC(NC(=O)N2CCCC2C(=O)O)CC1. The fourth-order valence-electron chi connectivity index (χ4n) is 2.68. The summed E-state index contributed by atoms with van der Waals surface area (Å²) in [6, 6.07) is -0.672. The van der Waals surface area contributed by atoms with E-state index in [4.69, 9.17) is 5.11 Å². The van der Waals surface area contributed by atoms with Gasteiger partial charge in [0.1, 0.15) is 6.04 Å². The molecule has 6 nitrogen and oxygen atoms in total. The van der Waals surface area contributed by atoms with E-state index in [1.807, 2.05) is 0 Å². The Hall–Kier alpha value is -1.30. The van der Waals surface area contributed by atoms with Gasteiger partial charge in [0.25, 0.3) is 0 Å². The van der Waals surface area contributed by atoms with Gasteiger partial charge in [0.15, 0.2) is 0 Å². The normalized spacial score (nSPS) is 26.3. The molecule has 2 rings (SSSR count). The minimum absolute atomic E-state index is 0.184. The van der Waals surface area contributed by atoms with Crippen LogP contribution in [0.1, 0.15) is 25.7 Å². The van der Waals surface area contributed by atoms with Gasteiger partial charge in [0, 0.05) is 12.6 Å². The summed E-state index contributed by atoms with van der Waals surface area (Å²) in [6.45, 7) is 2.51. The number of rotatable bonds is 2. The molecule has 0 aromatic heterocycles. The van der Waals surface area contributed by atoms with E-state index in [0.29, 0.717) is 13.0 Å². The molecule has 0 aromatic rings. The second-order valence-corrected chi connectivity index (χ2v) is 5.22. The number of likely N-dealkylation sites (tertiary alicyclic amines) is 2. The van der Waals surface area contributed by atoms with E-state index < -0.39 is 12.0 Å². The van der Waals surface area contributed by atoms with Crippen LogP contribution < -0.4 is 5.32 Å². The Morgan fingerprint density at radius 2 is 1.83 bits per heavy atom. The van der Waals surface area contributed by atoms with E-state index in [9.17, 15) is 9.59 Å². The van der Waals surface area contributed by atoms with E-state index in [0.717, 1.165) is 32.4 Å². The van der Waals surface area contributed by atoms with Gasteiger partial charge >= 0.3 is 12.0 Å². The number of hydrogen-bond acceptors (Lipinski definition) is 3. The van der Waals surface area contributed by atoms with Gasteiger partial charge in [-0.05, 0) is 45.8 Å². The lowest BCUT2D eigenvalue weighted by Crippen LogP contribution is -2.51. The molecule has 2 saturated heterocycles. The number of carbonyl (C=O) groups excluding carboxylic acids is 1. The van der Waals surface area contributed by atoms with Crippen molar-refractivity contribution in [3.8, 4) is 0 Å². The zero-order valence-electron chi connectivity index (χ0n) is 10.8. The fraction of sp³-hybridized carbons (Fsp3) is 0.833. The van der Waals surface area contributed by atoms with Crippen molar-refractivity contribution in [2.75, 3.05) is 26.7 Å². The van der Waals surface area contributed by atoms with Gasteiger partial charge in [0.05, 0.1) is 0 Å². The summed E-state index contributed by atoms with van der Waals surface area (Å²) in [5.41, 5.74) is 0. The molecule has 0 spiro atoms. The molecule has 0 aliphatic carbocycles. The van der Waals surface area contributed by atoms with Gasteiger partial charge in [0.2, 0.25) is 0 Å². The molecule has 2 fully saturated rings. The summed E-state index contributed by atoms with van der Waals surface area (Å²) in [6.07, 6.45) is 3.22. The maximum atomic E-state index is 12.0. The molecule has 6 heteroatoms. The van der Waals surface area contributed by atoms with Crippen LogP contribution in [-0.4, -0.2) is 65.7 Å². The molecule has 0 aromatic carbocycles. The molecule has 2 aliphatic rings. The molecule has 1 atom stereocenters. The summed E-state index contributed by atoms with van der Waals surface area (Å²) in [7, 11) is 2.07. The fourth-order valence-corrected chi connectivity index (χ4v) is 2.68. The highest BCUT2D eigenvalue weighted by Crippen LogP contribution is 2.18. The number of carbonyl (C=O) groups is 2. The van der Waals surface area contributed by atoms with Gasteiger partial charge in [-0.15, -0.1) is 0 Å². The van der Waals surface area contributed by atoms with Crippen LogP contribution in [0.3, 0.4) is 0 Å². The van der Waals surface area contributed by atoms with Crippen molar-refractivity contribution in [2.45, 2.75) is 37.8 Å². The molecule has 102 valence electrons. The second-order valence-electron chi connectivity index (χ2n) is 5.22. The Morgan fingerprint density at radius 1 is 1.17 bits per heavy atom. The zero-order chi connectivity index (χ0) is 13.1. The molecule has 2 N–H and O–H groups in total. The molecule has 0 saturated carbocycles. The van der Waals surface area contributed by atoms with Crippen molar-refractivity contribution in [1.29, 1.82) is 0 Å². The average molecular weight is 255 g/mol. The van der Waals surface area contributed by atoms with E-state index in [2.05, 4.69) is 17.3 Å². The van der Waals surface area contributed by atoms with E-state index in [1.165, 1.54) is 4.90 Å². The average Bonchev–Trinajstić information content (AvgIpc) is 2.81. The van der Waals surface area contributed by atoms with Crippen molar-refractivity contribution in [3.05, 3.63) is 0 Å². The first kappa shape index (κ1) is 13.1. The van der Waals surface area contributed by atoms with E-state index >= 15 is 0 Å². The van der Waals surface area contributed by atoms with Crippen LogP contribution in [0.4, 0.5) is 4.79 Å². The maximum Gasteiger partial charge on any atom is 0.326 e. The Balaban J connectivity index is 1.86. The summed E-state index contributed by atoms with van der Waals surface area (Å²) in [4.78, 5) is 26.8. The van der Waals surface area contributed by atoms with Gasteiger partial charge < -0.3 is 20.2 Å². The van der Waals surface area contributed by atoms with Gasteiger partial charge in [-0.2, -0.15) is 0 Å². The third-order valence-electron chi connectivity index (χ3n) is 3.84. The highest BCUT2D eigenvalue weighted by molar-refractivity contribution is 5.83. The number of amides is 2. The highest BCUT2D eigenvalue weighted by atomic mass is 16.4. The predicted octanol–water partition coefficient (Wildman–Crippen LogP) is 0.339. The van der Waals surface area contributed by atoms with Crippen LogP contribution in [0.5, 0.6) is 0 Å². The lowest BCUT2D eigenvalue weighted by Gasteiger charge is -2.31. The van der Waals surface area contributed by atoms with Crippen molar-refractivity contribution in [2.24, 2.45) is 0 Å². The number of piperidine rings is 1. The molecular weight excluding hydrogens is 234 g/mol. The van der Waals surface area contributed by atoms with Gasteiger partial charge in [-0.25, -0.2) is 9.59 Å². The third-order valence-corrected chi connectivity index (χ3v) is 3.84. The van der Waals surface area contributed by atoms with Crippen LogP contribution in [0.2, 0.25) is 0 Å². The summed E-state index contributed by atoms with van der Waals surface area (Å²) in [5, 5.41) is 12.0. The highest BCUT2D eigenvalue weighted by Gasteiger charge is 2.34. The minimum atomic E-state index is -0.897. The summed E-state index contributed by atoms with van der Waals surface area (Å²) < 4.78 is 0. The van der Waals surface area contributed by atoms with Crippen LogP contribution >= 0.6 is 0 Å². The monoisotopic (exact) mass is 255 g/mol. The van der Waals surface area contributed by atoms with Crippen molar-refractivity contribution >= 4 is 12.0 Å². The Morgan fingerprint density at radius 3 is 2.44 bits per heavy atom. The maximum absolute atomic E-state index is 12.0. The van der Waals surface area contributed by atoms with Crippen LogP contribution in [0.25, 0.3) is 0 Å². The second kappa shape index (κ2) is 5.56. The predicted molar refractivity (Wildman–Crippen MR) is 66.4 cm³/mol. The number of carboxylic acids is 1. The van der Waals surface area contributed by atoms with Crippen LogP contribution in [0.15, 0.2) is 0 Å². The van der Waals surface area contributed by atoms with Crippen molar-refractivity contribution in [1.82, 2.24) is 15.1 Å². The molecule has 2 aliphatic heterocycles. The number of nitrogens with one attached hydrogen (secondary N) is 1. The van der Waals surface area contributed by atoms with Crippen molar-refractivity contribution < 1.29 is 14.7 Å². The van der Waals surface area contributed by atoms with E-state index in [-0.39, 0.29) is 12.1 Å². The first-order valence-electron chi connectivity index (χ1n) is 6.56. The Bertz CT molecular complexity index is 327. The number of urea groups is 1. The molecule has 0 bridgehead atoms. The number of nitrogens with zero attached hydrogens (tertiary/aromatic N) is 2. The Kier molecular flexibility index (Phi) is 4.06. The number of aliphatic carboxylic acids is 1. The lowest BCUT2D eigenvalue weighted by molar-refractivity contribution is -0.141. The minimum Gasteiger partial charge on any atom is -0.480 e. The number of hydrogen-bond donors (Lipinski definition) is 2. The van der Waals surface area contributed by atoms with Crippen LogP contribution in [0, 0.1) is 0 Å². The van der Waals surface area contributed by atoms with Crippen LogP contribution in [-0.2, 0) is 4.79 Å². The quantitative estimate of drug-likeness (QED) is 0.746. The largest absolute Gasteiger partial charge is 0.480 e. The zero-order valence-corrected chi connectivity index (χ0v) is 10.8. The van der Waals surface area contributed by atoms with Gasteiger partial charge in [-0.3, -0.25) is 0 Å². The van der Waals surface area contributed by atoms with E-state index in [1.54, 1.807) is 0 Å². The molecule has 18 heavy (non-hydrogen) atoms. The standard InChI is InChI=1S/C12H21N3O3/c1-14-7-4-9(5-8-14)13-12(18)15-6-2-3-10(15)11(16)17/h9-10H,2-8H2,1H3,(H,13,18)(H,16,17). The van der Waals surface area contributed by atoms with Crippen molar-refractivity contribution in [3.63, 3.8) is 0 Å². The lowest BCUT2D eigenvalue weighted by atomic mass is 10.1. The molecule has 0 radical (unpaired) electrons. The molecular formula is C12H21N3O3. The number of carboxylic acid groups (broad SMARTS) is 1. The molecule has 1 unspecified atom stereocenters. The Labute approximate surface area is 107 Å². The third kappa shape index (κ3) is 2.93. The first-order valence-corrected chi connectivity index (χ1v) is 6.56. The smallest absolute Gasteiger partial charge is 0.326 e. The summed E-state index contributed by atoms with van der Waals surface area (Å²) in [5.74, 6) is -0.897. The molecule has 2 amide bonds. The first-order chi connectivity index (χ1) is 8.58.